The SMILES string of the molecule is Cc1cc(Nc2ncn[nH]2)nc(Nc2ncn[nH]2)n1. The molecule has 0 radical (unpaired) electrons. The van der Waals surface area contributed by atoms with Gasteiger partial charge < -0.3 is 5.32 Å². The van der Waals surface area contributed by atoms with E-state index in [0.29, 0.717) is 23.7 Å². The van der Waals surface area contributed by atoms with Crippen LogP contribution in [0.1, 0.15) is 5.69 Å². The number of hydrogen-bond acceptors (Lipinski definition) is 8. The number of anilines is 4. The van der Waals surface area contributed by atoms with Crippen molar-refractivity contribution in [3.8, 4) is 0 Å². The molecule has 0 fully saturated rings. The molecule has 19 heavy (non-hydrogen) atoms. The molecule has 4 N–H and O–H groups in total. The molecule has 10 nitrogen and oxygen atoms in total. The molecule has 0 aliphatic carbocycles. The lowest BCUT2D eigenvalue weighted by atomic mass is 10.4. The minimum Gasteiger partial charge on any atom is -0.309 e. The van der Waals surface area contributed by atoms with E-state index in [1.54, 1.807) is 6.07 Å². The average Bonchev–Trinajstić information content (AvgIpc) is 3.01. The lowest BCUT2D eigenvalue weighted by Crippen LogP contribution is -2.03. The van der Waals surface area contributed by atoms with Crippen LogP contribution >= 0.6 is 0 Å². The van der Waals surface area contributed by atoms with E-state index in [-0.39, 0.29) is 0 Å². The number of hydrogen-bond donors (Lipinski definition) is 4. The fraction of sp³-hybridized carbons (Fsp3) is 0.111. The molecule has 0 amide bonds. The van der Waals surface area contributed by atoms with Gasteiger partial charge in [0, 0.05) is 11.8 Å². The summed E-state index contributed by atoms with van der Waals surface area (Å²) in [5.74, 6) is 1.96. The van der Waals surface area contributed by atoms with Gasteiger partial charge in [-0.05, 0) is 6.92 Å². The summed E-state index contributed by atoms with van der Waals surface area (Å²) in [5.41, 5.74) is 0.791. The minimum absolute atomic E-state index is 0.402. The van der Waals surface area contributed by atoms with Crippen LogP contribution in [0.5, 0.6) is 0 Å². The van der Waals surface area contributed by atoms with Crippen LogP contribution in [0.15, 0.2) is 18.7 Å². The van der Waals surface area contributed by atoms with Gasteiger partial charge in [-0.25, -0.2) is 15.2 Å². The summed E-state index contributed by atoms with van der Waals surface area (Å²) in [7, 11) is 0. The Hall–Kier alpha value is -3.04. The number of aromatic nitrogens is 8. The first kappa shape index (κ1) is 11.1. The van der Waals surface area contributed by atoms with Gasteiger partial charge in [-0.3, -0.25) is 5.32 Å². The van der Waals surface area contributed by atoms with E-state index in [0.717, 1.165) is 5.69 Å². The molecule has 0 atom stereocenters. The van der Waals surface area contributed by atoms with Gasteiger partial charge >= 0.3 is 0 Å². The first-order valence-corrected chi connectivity index (χ1v) is 5.40. The van der Waals surface area contributed by atoms with E-state index >= 15 is 0 Å². The lowest BCUT2D eigenvalue weighted by molar-refractivity contribution is 1.05. The van der Waals surface area contributed by atoms with Gasteiger partial charge in [0.05, 0.1) is 0 Å². The van der Waals surface area contributed by atoms with Crippen molar-refractivity contribution in [1.82, 2.24) is 40.3 Å². The summed E-state index contributed by atoms with van der Waals surface area (Å²) in [5, 5.41) is 18.7. The van der Waals surface area contributed by atoms with E-state index in [1.165, 1.54) is 12.7 Å². The molecular weight excluding hydrogens is 248 g/mol. The maximum absolute atomic E-state index is 4.27. The van der Waals surface area contributed by atoms with Crippen LogP contribution in [-0.2, 0) is 0 Å². The predicted molar refractivity (Wildman–Crippen MR) is 66.1 cm³/mol. The number of nitrogens with zero attached hydrogens (tertiary/aromatic N) is 6. The normalized spacial score (nSPS) is 10.4. The maximum atomic E-state index is 4.27. The van der Waals surface area contributed by atoms with Gasteiger partial charge in [-0.2, -0.15) is 25.1 Å². The molecule has 96 valence electrons. The summed E-state index contributed by atoms with van der Waals surface area (Å²) < 4.78 is 0. The Morgan fingerprint density at radius 1 is 0.947 bits per heavy atom. The van der Waals surface area contributed by atoms with Crippen molar-refractivity contribution in [2.45, 2.75) is 6.92 Å². The Labute approximate surface area is 107 Å². The number of nitrogens with one attached hydrogen (secondary N) is 4. The Morgan fingerprint density at radius 3 is 2.26 bits per heavy atom. The van der Waals surface area contributed by atoms with E-state index in [4.69, 9.17) is 0 Å². The van der Waals surface area contributed by atoms with Crippen LogP contribution < -0.4 is 10.6 Å². The lowest BCUT2D eigenvalue weighted by Gasteiger charge is -2.06. The van der Waals surface area contributed by atoms with Crippen molar-refractivity contribution in [2.75, 3.05) is 10.6 Å². The average molecular weight is 258 g/mol. The number of aryl methyl sites for hydroxylation is 1. The van der Waals surface area contributed by atoms with E-state index in [1.807, 2.05) is 6.92 Å². The quantitative estimate of drug-likeness (QED) is 0.532. The molecule has 0 aliphatic rings. The third-order valence-electron chi connectivity index (χ3n) is 2.16. The highest BCUT2D eigenvalue weighted by Gasteiger charge is 2.05. The van der Waals surface area contributed by atoms with Crippen LogP contribution in [0, 0.1) is 6.92 Å². The zero-order valence-corrected chi connectivity index (χ0v) is 9.92. The fourth-order valence-corrected chi connectivity index (χ4v) is 1.45. The molecule has 0 bridgehead atoms. The highest BCUT2D eigenvalue weighted by atomic mass is 15.3. The monoisotopic (exact) mass is 258 g/mol. The van der Waals surface area contributed by atoms with Gasteiger partial charge in [-0.15, -0.1) is 0 Å². The summed E-state index contributed by atoms with van der Waals surface area (Å²) in [6.45, 7) is 1.86. The topological polar surface area (TPSA) is 133 Å². The molecule has 0 saturated carbocycles. The van der Waals surface area contributed by atoms with Crippen molar-refractivity contribution in [1.29, 1.82) is 0 Å². The third kappa shape index (κ3) is 2.62. The summed E-state index contributed by atoms with van der Waals surface area (Å²) >= 11 is 0. The Balaban J connectivity index is 1.83. The third-order valence-corrected chi connectivity index (χ3v) is 2.16. The molecule has 0 saturated heterocycles. The molecule has 10 heteroatoms. The molecule has 0 aromatic carbocycles. The molecule has 0 unspecified atom stereocenters. The summed E-state index contributed by atoms with van der Waals surface area (Å²) in [6, 6.07) is 1.79. The van der Waals surface area contributed by atoms with E-state index in [9.17, 15) is 0 Å². The summed E-state index contributed by atoms with van der Waals surface area (Å²) in [6.07, 6.45) is 2.80. The molecule has 3 heterocycles. The van der Waals surface area contributed by atoms with E-state index < -0.39 is 0 Å². The van der Waals surface area contributed by atoms with Crippen molar-refractivity contribution < 1.29 is 0 Å². The maximum Gasteiger partial charge on any atom is 0.231 e. The largest absolute Gasteiger partial charge is 0.309 e. The second-order valence-electron chi connectivity index (χ2n) is 3.64. The molecule has 3 rings (SSSR count). The van der Waals surface area contributed by atoms with Crippen LogP contribution in [0.4, 0.5) is 23.7 Å². The van der Waals surface area contributed by atoms with Crippen LogP contribution in [0.2, 0.25) is 0 Å². The number of aromatic amines is 2. The summed E-state index contributed by atoms with van der Waals surface area (Å²) in [4.78, 5) is 16.4. The first-order valence-electron chi connectivity index (χ1n) is 5.40. The van der Waals surface area contributed by atoms with Gasteiger partial charge in [-0.1, -0.05) is 0 Å². The van der Waals surface area contributed by atoms with Gasteiger partial charge in [0.25, 0.3) is 0 Å². The molecule has 0 aliphatic heterocycles. The number of rotatable bonds is 4. The van der Waals surface area contributed by atoms with E-state index in [2.05, 4.69) is 51.0 Å². The van der Waals surface area contributed by atoms with Gasteiger partial charge in [0.2, 0.25) is 17.8 Å². The second kappa shape index (κ2) is 4.68. The molecule has 3 aromatic rings. The second-order valence-corrected chi connectivity index (χ2v) is 3.64. The van der Waals surface area contributed by atoms with Crippen LogP contribution in [-0.4, -0.2) is 40.3 Å². The minimum atomic E-state index is 0.402. The van der Waals surface area contributed by atoms with Gasteiger partial charge in [0.15, 0.2) is 0 Å². The Bertz CT molecular complexity index is 589. The van der Waals surface area contributed by atoms with Gasteiger partial charge in [0.1, 0.15) is 18.5 Å². The zero-order chi connectivity index (χ0) is 13.1. The molecular formula is C9H10N10. The smallest absolute Gasteiger partial charge is 0.231 e. The fourth-order valence-electron chi connectivity index (χ4n) is 1.45. The molecule has 0 spiro atoms. The van der Waals surface area contributed by atoms with Crippen molar-refractivity contribution >= 4 is 23.7 Å². The van der Waals surface area contributed by atoms with Crippen molar-refractivity contribution in [2.24, 2.45) is 0 Å². The highest BCUT2D eigenvalue weighted by molar-refractivity contribution is 5.52. The molecule has 3 aromatic heterocycles. The van der Waals surface area contributed by atoms with Crippen molar-refractivity contribution in [3.63, 3.8) is 0 Å². The first-order chi connectivity index (χ1) is 9.29. The zero-order valence-electron chi connectivity index (χ0n) is 9.92. The Morgan fingerprint density at radius 2 is 1.63 bits per heavy atom. The Kier molecular flexibility index (Phi) is 2.73. The predicted octanol–water partition coefficient (Wildman–Crippen LogP) is 0.508. The number of H-pyrrole nitrogens is 2. The standard InChI is InChI=1S/C9H10N10/c1-5-2-6(15-7-10-3-12-18-7)16-9(14-5)17-8-11-4-13-19-8/h2-4H,1H3,(H4,10,11,12,13,14,15,16,17,18,19). The van der Waals surface area contributed by atoms with Crippen LogP contribution in [0.3, 0.4) is 0 Å². The highest BCUT2D eigenvalue weighted by Crippen LogP contribution is 2.14. The van der Waals surface area contributed by atoms with Crippen LogP contribution in [0.25, 0.3) is 0 Å². The van der Waals surface area contributed by atoms with Crippen molar-refractivity contribution in [3.05, 3.63) is 24.4 Å².